The summed E-state index contributed by atoms with van der Waals surface area (Å²) in [5, 5.41) is 0. The topological polar surface area (TPSA) is 3.24 Å². The van der Waals surface area contributed by atoms with Gasteiger partial charge in [0, 0.05) is 18.8 Å². The number of hydrogen-bond donors (Lipinski definition) is 0. The zero-order chi connectivity index (χ0) is 12.4. The third kappa shape index (κ3) is 2.28. The molecular formula is C17H25N. The Morgan fingerprint density at radius 3 is 2.44 bits per heavy atom. The first kappa shape index (κ1) is 12.1. The Labute approximate surface area is 111 Å². The van der Waals surface area contributed by atoms with E-state index in [0.29, 0.717) is 5.41 Å². The quantitative estimate of drug-likeness (QED) is 0.760. The molecule has 1 aliphatic heterocycles. The van der Waals surface area contributed by atoms with E-state index in [1.54, 1.807) is 0 Å². The number of benzene rings is 1. The highest BCUT2D eigenvalue weighted by Gasteiger charge is 2.40. The predicted octanol–water partition coefficient (Wildman–Crippen LogP) is 4.41. The third-order valence-corrected chi connectivity index (χ3v) is 4.94. The van der Waals surface area contributed by atoms with E-state index >= 15 is 0 Å². The van der Waals surface area contributed by atoms with E-state index in [1.807, 2.05) is 0 Å². The van der Waals surface area contributed by atoms with E-state index in [4.69, 9.17) is 0 Å². The molecule has 0 N–H and O–H groups in total. The van der Waals surface area contributed by atoms with Crippen molar-refractivity contribution in [2.24, 2.45) is 5.41 Å². The van der Waals surface area contributed by atoms with E-state index in [0.717, 1.165) is 0 Å². The zero-order valence-corrected chi connectivity index (χ0v) is 11.6. The van der Waals surface area contributed by atoms with Crippen LogP contribution >= 0.6 is 0 Å². The van der Waals surface area contributed by atoms with Gasteiger partial charge in [0.2, 0.25) is 0 Å². The van der Waals surface area contributed by atoms with Crippen LogP contribution < -0.4 is 4.90 Å². The van der Waals surface area contributed by atoms with Gasteiger partial charge in [-0.15, -0.1) is 0 Å². The Bertz CT molecular complexity index is 387. The molecule has 0 radical (unpaired) electrons. The maximum absolute atomic E-state index is 2.61. The summed E-state index contributed by atoms with van der Waals surface area (Å²) in [6.07, 6.45) is 9.74. The zero-order valence-electron chi connectivity index (χ0n) is 11.6. The summed E-state index contributed by atoms with van der Waals surface area (Å²) in [5.41, 5.74) is 3.61. The molecule has 1 aromatic carbocycles. The minimum Gasteiger partial charge on any atom is -0.371 e. The van der Waals surface area contributed by atoms with Crippen molar-refractivity contribution in [2.45, 2.75) is 51.9 Å². The molecule has 0 atom stereocenters. The molecule has 0 amide bonds. The fourth-order valence-electron chi connectivity index (χ4n) is 3.85. The Kier molecular flexibility index (Phi) is 3.32. The van der Waals surface area contributed by atoms with Crippen LogP contribution in [-0.4, -0.2) is 13.1 Å². The lowest BCUT2D eigenvalue weighted by Crippen LogP contribution is -2.24. The van der Waals surface area contributed by atoms with E-state index < -0.39 is 0 Å². The third-order valence-electron chi connectivity index (χ3n) is 4.94. The van der Waals surface area contributed by atoms with Gasteiger partial charge < -0.3 is 4.90 Å². The Balaban J connectivity index is 1.68. The largest absolute Gasteiger partial charge is 0.371 e. The van der Waals surface area contributed by atoms with Crippen molar-refractivity contribution in [2.75, 3.05) is 18.0 Å². The van der Waals surface area contributed by atoms with Crippen molar-refractivity contribution >= 4 is 5.69 Å². The van der Waals surface area contributed by atoms with Gasteiger partial charge in [0.25, 0.3) is 0 Å². The molecule has 0 bridgehead atoms. The van der Waals surface area contributed by atoms with Gasteiger partial charge in [-0.3, -0.25) is 0 Å². The van der Waals surface area contributed by atoms with Crippen LogP contribution in [-0.2, 0) is 6.42 Å². The molecule has 3 rings (SSSR count). The summed E-state index contributed by atoms with van der Waals surface area (Å²) in [6, 6.07) is 9.30. The minimum absolute atomic E-state index is 0.683. The number of hydrogen-bond acceptors (Lipinski definition) is 1. The van der Waals surface area contributed by atoms with Gasteiger partial charge in [0.1, 0.15) is 0 Å². The lowest BCUT2D eigenvalue weighted by Gasteiger charge is -2.24. The molecule has 98 valence electrons. The van der Waals surface area contributed by atoms with Crippen molar-refractivity contribution in [3.8, 4) is 0 Å². The van der Waals surface area contributed by atoms with Crippen LogP contribution in [0.1, 0.15) is 51.0 Å². The molecule has 1 saturated heterocycles. The molecule has 1 heterocycles. The van der Waals surface area contributed by atoms with Crippen molar-refractivity contribution in [3.63, 3.8) is 0 Å². The molecule has 1 aromatic rings. The van der Waals surface area contributed by atoms with Gasteiger partial charge in [-0.2, -0.15) is 0 Å². The second-order valence-corrected chi connectivity index (χ2v) is 6.30. The fourth-order valence-corrected chi connectivity index (χ4v) is 3.85. The van der Waals surface area contributed by atoms with E-state index in [2.05, 4.69) is 36.1 Å². The van der Waals surface area contributed by atoms with Crippen LogP contribution in [0.15, 0.2) is 24.3 Å². The van der Waals surface area contributed by atoms with E-state index in [9.17, 15) is 0 Å². The summed E-state index contributed by atoms with van der Waals surface area (Å²) in [7, 11) is 0. The molecule has 1 spiro atoms. The maximum Gasteiger partial charge on any atom is 0.0366 e. The molecule has 1 saturated carbocycles. The second kappa shape index (κ2) is 4.95. The van der Waals surface area contributed by atoms with Gasteiger partial charge in [-0.05, 0) is 48.8 Å². The standard InChI is InChI=1S/C17H25N/c1-2-5-15-6-8-16(9-7-15)18-13-12-17(14-18)10-3-4-11-17/h6-9H,2-5,10-14H2,1H3. The summed E-state index contributed by atoms with van der Waals surface area (Å²) in [6.45, 7) is 4.82. The molecule has 2 aliphatic rings. The van der Waals surface area contributed by atoms with Crippen LogP contribution in [0.3, 0.4) is 0 Å². The Hall–Kier alpha value is -0.980. The van der Waals surface area contributed by atoms with Gasteiger partial charge in [-0.1, -0.05) is 38.3 Å². The van der Waals surface area contributed by atoms with Crippen LogP contribution in [0.25, 0.3) is 0 Å². The highest BCUT2D eigenvalue weighted by atomic mass is 15.2. The molecular weight excluding hydrogens is 218 g/mol. The summed E-state index contributed by atoms with van der Waals surface area (Å²) in [5.74, 6) is 0. The first-order valence-corrected chi connectivity index (χ1v) is 7.65. The molecule has 18 heavy (non-hydrogen) atoms. The molecule has 2 fully saturated rings. The number of rotatable bonds is 3. The number of aryl methyl sites for hydroxylation is 1. The molecule has 1 heteroatoms. The minimum atomic E-state index is 0.683. The van der Waals surface area contributed by atoms with Crippen LogP contribution in [0.5, 0.6) is 0 Å². The monoisotopic (exact) mass is 243 g/mol. The number of nitrogens with zero attached hydrogens (tertiary/aromatic N) is 1. The second-order valence-electron chi connectivity index (χ2n) is 6.30. The average Bonchev–Trinajstić information content (AvgIpc) is 3.02. The van der Waals surface area contributed by atoms with Gasteiger partial charge >= 0.3 is 0 Å². The van der Waals surface area contributed by atoms with Gasteiger partial charge in [0.05, 0.1) is 0 Å². The van der Waals surface area contributed by atoms with Crippen molar-refractivity contribution in [1.82, 2.24) is 0 Å². The Morgan fingerprint density at radius 1 is 1.06 bits per heavy atom. The lowest BCUT2D eigenvalue weighted by atomic mass is 9.86. The molecule has 0 unspecified atom stereocenters. The van der Waals surface area contributed by atoms with Crippen molar-refractivity contribution in [1.29, 1.82) is 0 Å². The summed E-state index contributed by atoms with van der Waals surface area (Å²) < 4.78 is 0. The van der Waals surface area contributed by atoms with Crippen LogP contribution in [0, 0.1) is 5.41 Å². The van der Waals surface area contributed by atoms with Crippen molar-refractivity contribution < 1.29 is 0 Å². The first-order valence-electron chi connectivity index (χ1n) is 7.65. The Morgan fingerprint density at radius 2 is 1.78 bits per heavy atom. The fraction of sp³-hybridized carbons (Fsp3) is 0.647. The molecule has 0 aromatic heterocycles. The first-order chi connectivity index (χ1) is 8.81. The van der Waals surface area contributed by atoms with Crippen LogP contribution in [0.4, 0.5) is 5.69 Å². The van der Waals surface area contributed by atoms with E-state index in [1.165, 1.54) is 69.3 Å². The number of anilines is 1. The van der Waals surface area contributed by atoms with Gasteiger partial charge in [0.15, 0.2) is 0 Å². The van der Waals surface area contributed by atoms with Crippen molar-refractivity contribution in [3.05, 3.63) is 29.8 Å². The predicted molar refractivity (Wildman–Crippen MR) is 78.2 cm³/mol. The van der Waals surface area contributed by atoms with Gasteiger partial charge in [-0.25, -0.2) is 0 Å². The highest BCUT2D eigenvalue weighted by Crippen LogP contribution is 2.46. The summed E-state index contributed by atoms with van der Waals surface area (Å²) in [4.78, 5) is 2.61. The SMILES string of the molecule is CCCc1ccc(N2CCC3(CCCC3)C2)cc1. The lowest BCUT2D eigenvalue weighted by molar-refractivity contribution is 0.341. The highest BCUT2D eigenvalue weighted by molar-refractivity contribution is 5.49. The van der Waals surface area contributed by atoms with Crippen LogP contribution in [0.2, 0.25) is 0 Å². The molecule has 1 aliphatic carbocycles. The molecule has 1 nitrogen and oxygen atoms in total. The summed E-state index contributed by atoms with van der Waals surface area (Å²) >= 11 is 0. The van der Waals surface area contributed by atoms with E-state index in [-0.39, 0.29) is 0 Å². The average molecular weight is 243 g/mol. The maximum atomic E-state index is 2.61. The smallest absolute Gasteiger partial charge is 0.0366 e. The normalized spacial score (nSPS) is 21.9.